The summed E-state index contributed by atoms with van der Waals surface area (Å²) in [5.74, 6) is 1.51. The van der Waals surface area contributed by atoms with Gasteiger partial charge in [-0.3, -0.25) is 0 Å². The second-order valence-corrected chi connectivity index (χ2v) is 5.07. The molecule has 0 N–H and O–H groups in total. The first-order valence-corrected chi connectivity index (χ1v) is 6.12. The van der Waals surface area contributed by atoms with Gasteiger partial charge in [-0.25, -0.2) is 0 Å². The van der Waals surface area contributed by atoms with E-state index in [0.29, 0.717) is 5.92 Å². The minimum Gasteiger partial charge on any atom is -0.496 e. The molecule has 17 heavy (non-hydrogen) atoms. The van der Waals surface area contributed by atoms with E-state index in [1.165, 1.54) is 27.5 Å². The molecule has 2 aromatic carbocycles. The van der Waals surface area contributed by atoms with Gasteiger partial charge in [0.2, 0.25) is 0 Å². The van der Waals surface area contributed by atoms with Crippen molar-refractivity contribution in [2.45, 2.75) is 33.6 Å². The normalized spacial score (nSPS) is 11.2. The lowest BCUT2D eigenvalue weighted by molar-refractivity contribution is 0.419. The average molecular weight is 228 g/mol. The van der Waals surface area contributed by atoms with Gasteiger partial charge in [0.05, 0.1) is 7.11 Å². The van der Waals surface area contributed by atoms with Gasteiger partial charge in [-0.1, -0.05) is 31.5 Å². The zero-order chi connectivity index (χ0) is 12.6. The molecule has 0 saturated heterocycles. The van der Waals surface area contributed by atoms with Crippen molar-refractivity contribution in [2.24, 2.45) is 0 Å². The summed E-state index contributed by atoms with van der Waals surface area (Å²) in [7, 11) is 1.74. The van der Waals surface area contributed by atoms with Gasteiger partial charge in [0.25, 0.3) is 0 Å². The predicted molar refractivity (Wildman–Crippen MR) is 74.1 cm³/mol. The van der Waals surface area contributed by atoms with Crippen molar-refractivity contribution in [3.8, 4) is 5.75 Å². The van der Waals surface area contributed by atoms with Gasteiger partial charge >= 0.3 is 0 Å². The van der Waals surface area contributed by atoms with E-state index in [4.69, 9.17) is 4.74 Å². The second kappa shape index (κ2) is 4.40. The van der Waals surface area contributed by atoms with E-state index < -0.39 is 0 Å². The molecule has 0 atom stereocenters. The van der Waals surface area contributed by atoms with E-state index in [1.54, 1.807) is 7.11 Å². The second-order valence-electron chi connectivity index (χ2n) is 5.07. The topological polar surface area (TPSA) is 9.23 Å². The van der Waals surface area contributed by atoms with E-state index >= 15 is 0 Å². The highest BCUT2D eigenvalue weighted by atomic mass is 16.5. The Hall–Kier alpha value is -1.50. The lowest BCUT2D eigenvalue weighted by Gasteiger charge is -2.15. The molecule has 1 nitrogen and oxygen atoms in total. The van der Waals surface area contributed by atoms with E-state index in [-0.39, 0.29) is 0 Å². The lowest BCUT2D eigenvalue weighted by Crippen LogP contribution is -1.94. The van der Waals surface area contributed by atoms with Crippen LogP contribution < -0.4 is 4.74 Å². The molecule has 2 rings (SSSR count). The summed E-state index contributed by atoms with van der Waals surface area (Å²) < 4.78 is 5.50. The first-order chi connectivity index (χ1) is 8.02. The number of hydrogen-bond acceptors (Lipinski definition) is 1. The van der Waals surface area contributed by atoms with Crippen LogP contribution >= 0.6 is 0 Å². The van der Waals surface area contributed by atoms with E-state index in [9.17, 15) is 0 Å². The molecule has 90 valence electrons. The van der Waals surface area contributed by atoms with Crippen LogP contribution in [0.5, 0.6) is 5.75 Å². The monoisotopic (exact) mass is 228 g/mol. The van der Waals surface area contributed by atoms with Crippen molar-refractivity contribution in [3.63, 3.8) is 0 Å². The molecule has 0 heterocycles. The fourth-order valence-corrected chi connectivity index (χ4v) is 2.39. The Labute approximate surface area is 103 Å². The molecule has 2 aromatic rings. The number of ether oxygens (including phenoxy) is 1. The van der Waals surface area contributed by atoms with Gasteiger partial charge in [-0.2, -0.15) is 0 Å². The minimum absolute atomic E-state index is 0.531. The molecule has 0 fully saturated rings. The molecule has 0 saturated carbocycles. The van der Waals surface area contributed by atoms with E-state index in [0.717, 1.165) is 5.75 Å². The third-order valence-electron chi connectivity index (χ3n) is 3.19. The van der Waals surface area contributed by atoms with Gasteiger partial charge in [0.15, 0.2) is 0 Å². The van der Waals surface area contributed by atoms with Crippen LogP contribution in [0.2, 0.25) is 0 Å². The van der Waals surface area contributed by atoms with Crippen LogP contribution in [0.25, 0.3) is 10.8 Å². The van der Waals surface area contributed by atoms with Gasteiger partial charge in [0.1, 0.15) is 5.75 Å². The molecule has 0 bridgehead atoms. The average Bonchev–Trinajstić information content (AvgIpc) is 2.27. The lowest BCUT2D eigenvalue weighted by atomic mass is 9.92. The number of methoxy groups -OCH3 is 1. The van der Waals surface area contributed by atoms with Gasteiger partial charge < -0.3 is 4.74 Å². The van der Waals surface area contributed by atoms with Crippen molar-refractivity contribution in [2.75, 3.05) is 7.11 Å². The molecule has 0 spiro atoms. The molecular weight excluding hydrogens is 208 g/mol. The van der Waals surface area contributed by atoms with E-state index in [2.05, 4.69) is 52.0 Å². The van der Waals surface area contributed by atoms with Crippen LogP contribution in [0.4, 0.5) is 0 Å². The summed E-state index contributed by atoms with van der Waals surface area (Å²) in [6.07, 6.45) is 0. The highest BCUT2D eigenvalue weighted by Gasteiger charge is 2.10. The molecule has 0 aliphatic heterocycles. The van der Waals surface area contributed by atoms with Gasteiger partial charge in [-0.05, 0) is 48.4 Å². The summed E-state index contributed by atoms with van der Waals surface area (Å²) in [4.78, 5) is 0. The largest absolute Gasteiger partial charge is 0.496 e. The maximum Gasteiger partial charge on any atom is 0.126 e. The van der Waals surface area contributed by atoms with E-state index in [1.807, 2.05) is 0 Å². The number of hydrogen-bond donors (Lipinski definition) is 0. The third-order valence-corrected chi connectivity index (χ3v) is 3.19. The number of rotatable bonds is 2. The fourth-order valence-electron chi connectivity index (χ4n) is 2.39. The van der Waals surface area contributed by atoms with Crippen LogP contribution in [0.15, 0.2) is 24.3 Å². The molecule has 0 unspecified atom stereocenters. The zero-order valence-corrected chi connectivity index (χ0v) is 11.3. The van der Waals surface area contributed by atoms with Crippen molar-refractivity contribution in [1.82, 2.24) is 0 Å². The van der Waals surface area contributed by atoms with Gasteiger partial charge in [-0.15, -0.1) is 0 Å². The Morgan fingerprint density at radius 3 is 2.06 bits per heavy atom. The maximum atomic E-state index is 5.50. The van der Waals surface area contributed by atoms with Crippen molar-refractivity contribution in [3.05, 3.63) is 41.0 Å². The molecule has 0 amide bonds. The number of fused-ring (bicyclic) bond motifs is 1. The molecular formula is C16H20O. The Balaban J connectivity index is 2.88. The van der Waals surface area contributed by atoms with Crippen LogP contribution in [-0.2, 0) is 0 Å². The minimum atomic E-state index is 0.531. The summed E-state index contributed by atoms with van der Waals surface area (Å²) in [5.41, 5.74) is 3.95. The smallest absolute Gasteiger partial charge is 0.126 e. The van der Waals surface area contributed by atoms with Crippen LogP contribution in [0.3, 0.4) is 0 Å². The molecule has 0 aliphatic rings. The highest BCUT2D eigenvalue weighted by Crippen LogP contribution is 2.33. The van der Waals surface area contributed by atoms with Crippen molar-refractivity contribution in [1.29, 1.82) is 0 Å². The Kier molecular flexibility index (Phi) is 3.10. The molecule has 0 aromatic heterocycles. The zero-order valence-electron chi connectivity index (χ0n) is 11.3. The fraction of sp³-hybridized carbons (Fsp3) is 0.375. The Morgan fingerprint density at radius 1 is 0.882 bits per heavy atom. The molecule has 0 radical (unpaired) electrons. The van der Waals surface area contributed by atoms with Crippen LogP contribution in [-0.4, -0.2) is 7.11 Å². The SMILES string of the molecule is COc1cc(C)cc2c(C(C)C)cc(C)cc12. The van der Waals surface area contributed by atoms with Crippen LogP contribution in [0, 0.1) is 13.8 Å². The summed E-state index contributed by atoms with van der Waals surface area (Å²) >= 11 is 0. The Morgan fingerprint density at radius 2 is 1.47 bits per heavy atom. The van der Waals surface area contributed by atoms with Crippen molar-refractivity contribution < 1.29 is 4.74 Å². The standard InChI is InChI=1S/C16H20O/c1-10(2)13-6-11(3)8-15-14(13)7-12(4)9-16(15)17-5/h6-10H,1-5H3. The number of aryl methyl sites for hydroxylation is 2. The summed E-state index contributed by atoms with van der Waals surface area (Å²) in [5, 5.41) is 2.55. The first-order valence-electron chi connectivity index (χ1n) is 6.12. The first kappa shape index (κ1) is 12.0. The quantitative estimate of drug-likeness (QED) is 0.730. The maximum absolute atomic E-state index is 5.50. The predicted octanol–water partition coefficient (Wildman–Crippen LogP) is 4.59. The molecule has 1 heteroatoms. The Bertz CT molecular complexity index is 553. The van der Waals surface area contributed by atoms with Crippen LogP contribution in [0.1, 0.15) is 36.5 Å². The highest BCUT2D eigenvalue weighted by molar-refractivity contribution is 5.92. The van der Waals surface area contributed by atoms with Gasteiger partial charge in [0, 0.05) is 5.39 Å². The molecule has 0 aliphatic carbocycles. The summed E-state index contributed by atoms with van der Waals surface area (Å²) in [6, 6.07) is 8.85. The summed E-state index contributed by atoms with van der Waals surface area (Å²) in [6.45, 7) is 8.74. The third kappa shape index (κ3) is 2.14. The van der Waals surface area contributed by atoms with Crippen molar-refractivity contribution >= 4 is 10.8 Å². The number of benzene rings is 2.